The lowest BCUT2D eigenvalue weighted by Gasteiger charge is -2.18. The Kier molecular flexibility index (Phi) is 4.90. The van der Waals surface area contributed by atoms with Gasteiger partial charge in [0.05, 0.1) is 0 Å². The number of rotatable bonds is 4. The van der Waals surface area contributed by atoms with Gasteiger partial charge in [-0.05, 0) is 36.8 Å². The van der Waals surface area contributed by atoms with Crippen molar-refractivity contribution < 1.29 is 14.0 Å². The highest BCUT2D eigenvalue weighted by Gasteiger charge is 2.23. The molecule has 0 radical (unpaired) electrons. The number of carbonyl (C=O) groups excluding carboxylic acids is 2. The van der Waals surface area contributed by atoms with Crippen molar-refractivity contribution in [3.05, 3.63) is 63.9 Å². The summed E-state index contributed by atoms with van der Waals surface area (Å²) in [4.78, 5) is 25.9. The van der Waals surface area contributed by atoms with Gasteiger partial charge in [-0.1, -0.05) is 23.7 Å². The number of carbonyl (C=O) groups is 2. The standard InChI is InChI=1S/C18H17ClFN3O2/c1-11-5-6-12(9-16(11)23-8-7-21-18(23)25)17(24)22-10-13-14(19)3-2-4-15(13)20/h2-6,9H,7-8,10H2,1H3,(H,21,25)(H,22,24). The van der Waals surface area contributed by atoms with Gasteiger partial charge in [-0.25, -0.2) is 9.18 Å². The topological polar surface area (TPSA) is 61.4 Å². The van der Waals surface area contributed by atoms with Crippen molar-refractivity contribution in [1.82, 2.24) is 10.6 Å². The van der Waals surface area contributed by atoms with Crippen LogP contribution in [0.1, 0.15) is 21.5 Å². The number of benzene rings is 2. The lowest BCUT2D eigenvalue weighted by atomic mass is 10.1. The second kappa shape index (κ2) is 7.11. The molecular formula is C18H17ClFN3O2. The maximum absolute atomic E-state index is 13.8. The van der Waals surface area contributed by atoms with Gasteiger partial charge in [0, 0.05) is 41.5 Å². The van der Waals surface area contributed by atoms with Crippen molar-refractivity contribution in [3.63, 3.8) is 0 Å². The van der Waals surface area contributed by atoms with Crippen LogP contribution in [0, 0.1) is 12.7 Å². The number of aryl methyl sites for hydroxylation is 1. The second-order valence-electron chi connectivity index (χ2n) is 5.77. The molecule has 130 valence electrons. The van der Waals surface area contributed by atoms with E-state index in [2.05, 4.69) is 10.6 Å². The van der Waals surface area contributed by atoms with Crippen LogP contribution in [0.5, 0.6) is 0 Å². The van der Waals surface area contributed by atoms with Crippen molar-refractivity contribution in [2.75, 3.05) is 18.0 Å². The fraction of sp³-hybridized carbons (Fsp3) is 0.222. The number of anilines is 1. The second-order valence-corrected chi connectivity index (χ2v) is 6.17. The average Bonchev–Trinajstić information content (AvgIpc) is 3.00. The highest BCUT2D eigenvalue weighted by atomic mass is 35.5. The van der Waals surface area contributed by atoms with Crippen molar-refractivity contribution in [1.29, 1.82) is 0 Å². The van der Waals surface area contributed by atoms with E-state index in [0.717, 1.165) is 5.56 Å². The Morgan fingerprint density at radius 3 is 2.84 bits per heavy atom. The Labute approximate surface area is 149 Å². The van der Waals surface area contributed by atoms with E-state index >= 15 is 0 Å². The Bertz CT molecular complexity index is 821. The van der Waals surface area contributed by atoms with Gasteiger partial charge in [0.25, 0.3) is 5.91 Å². The predicted octanol–water partition coefficient (Wildman–Crippen LogP) is 3.25. The van der Waals surface area contributed by atoms with Crippen LogP contribution in [0.2, 0.25) is 5.02 Å². The minimum absolute atomic E-state index is 0.0161. The smallest absolute Gasteiger partial charge is 0.322 e. The third-order valence-electron chi connectivity index (χ3n) is 4.11. The molecule has 0 aromatic heterocycles. The summed E-state index contributed by atoms with van der Waals surface area (Å²) in [6, 6.07) is 9.32. The summed E-state index contributed by atoms with van der Waals surface area (Å²) in [6.45, 7) is 2.98. The van der Waals surface area contributed by atoms with Crippen LogP contribution >= 0.6 is 11.6 Å². The Balaban J connectivity index is 1.77. The number of urea groups is 1. The highest BCUT2D eigenvalue weighted by molar-refractivity contribution is 6.31. The number of halogens is 2. The molecule has 3 rings (SSSR count). The molecule has 2 aromatic carbocycles. The van der Waals surface area contributed by atoms with Crippen molar-refractivity contribution in [2.45, 2.75) is 13.5 Å². The number of nitrogens with zero attached hydrogens (tertiary/aromatic N) is 1. The first-order valence-corrected chi connectivity index (χ1v) is 8.22. The molecule has 7 heteroatoms. The van der Waals surface area contributed by atoms with E-state index < -0.39 is 5.82 Å². The number of hydrogen-bond donors (Lipinski definition) is 2. The monoisotopic (exact) mass is 361 g/mol. The van der Waals surface area contributed by atoms with Crippen LogP contribution in [0.3, 0.4) is 0 Å². The van der Waals surface area contributed by atoms with E-state index in [0.29, 0.717) is 24.3 Å². The summed E-state index contributed by atoms with van der Waals surface area (Å²) in [6.07, 6.45) is 0. The number of amides is 3. The highest BCUT2D eigenvalue weighted by Crippen LogP contribution is 2.24. The van der Waals surface area contributed by atoms with E-state index in [-0.39, 0.29) is 29.1 Å². The molecule has 1 heterocycles. The van der Waals surface area contributed by atoms with Gasteiger partial charge in [-0.2, -0.15) is 0 Å². The Morgan fingerprint density at radius 1 is 1.36 bits per heavy atom. The third kappa shape index (κ3) is 3.58. The molecule has 1 aliphatic rings. The molecule has 0 unspecified atom stereocenters. The maximum atomic E-state index is 13.8. The molecule has 2 aromatic rings. The van der Waals surface area contributed by atoms with Crippen LogP contribution in [0.4, 0.5) is 14.9 Å². The molecule has 0 aliphatic carbocycles. The molecule has 1 aliphatic heterocycles. The molecule has 25 heavy (non-hydrogen) atoms. The molecule has 2 N–H and O–H groups in total. The molecule has 0 bridgehead atoms. The van der Waals surface area contributed by atoms with E-state index in [1.165, 1.54) is 12.1 Å². The molecule has 5 nitrogen and oxygen atoms in total. The fourth-order valence-corrected chi connectivity index (χ4v) is 2.94. The first kappa shape index (κ1) is 17.2. The van der Waals surface area contributed by atoms with Crippen LogP contribution in [0.25, 0.3) is 0 Å². The summed E-state index contributed by atoms with van der Waals surface area (Å²) in [7, 11) is 0. The molecule has 1 fully saturated rings. The quantitative estimate of drug-likeness (QED) is 0.878. The zero-order valence-electron chi connectivity index (χ0n) is 13.6. The lowest BCUT2D eigenvalue weighted by molar-refractivity contribution is 0.0950. The lowest BCUT2D eigenvalue weighted by Crippen LogP contribution is -2.29. The molecule has 0 atom stereocenters. The molecule has 3 amide bonds. The molecular weight excluding hydrogens is 345 g/mol. The van der Waals surface area contributed by atoms with E-state index in [1.807, 2.05) is 6.92 Å². The minimum atomic E-state index is -0.467. The number of nitrogens with one attached hydrogen (secondary N) is 2. The summed E-state index contributed by atoms with van der Waals surface area (Å²) in [5.74, 6) is -0.827. The van der Waals surface area contributed by atoms with Gasteiger partial charge in [-0.3, -0.25) is 9.69 Å². The fourth-order valence-electron chi connectivity index (χ4n) is 2.71. The normalized spacial score (nSPS) is 13.7. The maximum Gasteiger partial charge on any atom is 0.322 e. The van der Waals surface area contributed by atoms with Gasteiger partial charge in [0.2, 0.25) is 0 Å². The van der Waals surface area contributed by atoms with Gasteiger partial charge >= 0.3 is 6.03 Å². The van der Waals surface area contributed by atoms with Crippen molar-refractivity contribution >= 4 is 29.2 Å². The molecule has 0 saturated carbocycles. The summed E-state index contributed by atoms with van der Waals surface area (Å²) >= 11 is 5.96. The Morgan fingerprint density at radius 2 is 2.16 bits per heavy atom. The van der Waals surface area contributed by atoms with Gasteiger partial charge in [0.1, 0.15) is 5.82 Å². The largest absolute Gasteiger partial charge is 0.348 e. The van der Waals surface area contributed by atoms with Crippen LogP contribution in [-0.4, -0.2) is 25.0 Å². The van der Waals surface area contributed by atoms with Gasteiger partial charge in [0.15, 0.2) is 0 Å². The van der Waals surface area contributed by atoms with Crippen molar-refractivity contribution in [2.24, 2.45) is 0 Å². The number of hydrogen-bond acceptors (Lipinski definition) is 2. The van der Waals surface area contributed by atoms with Crippen molar-refractivity contribution in [3.8, 4) is 0 Å². The zero-order chi connectivity index (χ0) is 18.0. The third-order valence-corrected chi connectivity index (χ3v) is 4.46. The van der Waals surface area contributed by atoms with Crippen LogP contribution in [-0.2, 0) is 6.54 Å². The summed E-state index contributed by atoms with van der Waals surface area (Å²) < 4.78 is 13.8. The minimum Gasteiger partial charge on any atom is -0.348 e. The predicted molar refractivity (Wildman–Crippen MR) is 94.5 cm³/mol. The van der Waals surface area contributed by atoms with Crippen LogP contribution in [0.15, 0.2) is 36.4 Å². The molecule has 1 saturated heterocycles. The average molecular weight is 362 g/mol. The summed E-state index contributed by atoms with van der Waals surface area (Å²) in [5.41, 5.74) is 2.22. The van der Waals surface area contributed by atoms with Gasteiger partial charge in [-0.15, -0.1) is 0 Å². The first-order valence-electron chi connectivity index (χ1n) is 7.84. The van der Waals surface area contributed by atoms with E-state index in [1.54, 1.807) is 29.2 Å². The van der Waals surface area contributed by atoms with E-state index in [9.17, 15) is 14.0 Å². The van der Waals surface area contributed by atoms with E-state index in [4.69, 9.17) is 11.6 Å². The first-order chi connectivity index (χ1) is 12.0. The van der Waals surface area contributed by atoms with Crippen LogP contribution < -0.4 is 15.5 Å². The zero-order valence-corrected chi connectivity index (χ0v) is 14.4. The Hall–Kier alpha value is -2.60. The SMILES string of the molecule is Cc1ccc(C(=O)NCc2c(F)cccc2Cl)cc1N1CCNC1=O. The summed E-state index contributed by atoms with van der Waals surface area (Å²) in [5, 5.41) is 5.66. The van der Waals surface area contributed by atoms with Gasteiger partial charge < -0.3 is 10.6 Å². The molecule has 0 spiro atoms.